The molecule has 0 aliphatic rings. The van der Waals surface area contributed by atoms with E-state index >= 15 is 0 Å². The van der Waals surface area contributed by atoms with Gasteiger partial charge in [0.15, 0.2) is 0 Å². The van der Waals surface area contributed by atoms with Crippen molar-refractivity contribution in [3.8, 4) is 0 Å². The minimum absolute atomic E-state index is 1.94. The average molecular weight is 389 g/mol. The monoisotopic (exact) mass is 388 g/mol. The van der Waals surface area contributed by atoms with Crippen molar-refractivity contribution in [2.45, 2.75) is 24.7 Å². The molecule has 0 heterocycles. The number of rotatable bonds is 8. The van der Waals surface area contributed by atoms with Gasteiger partial charge in [-0.1, -0.05) is 0 Å². The van der Waals surface area contributed by atoms with Gasteiger partial charge in [0.05, 0.1) is 0 Å². The lowest BCUT2D eigenvalue weighted by atomic mass is 10.4. The van der Waals surface area contributed by atoms with Crippen LogP contribution in [0.25, 0.3) is 0 Å². The number of halogens is 9. The van der Waals surface area contributed by atoms with Crippen molar-refractivity contribution in [3.63, 3.8) is 0 Å². The summed E-state index contributed by atoms with van der Waals surface area (Å²) < 4.78 is 114. The highest BCUT2D eigenvalue weighted by Gasteiger charge is 2.46. The van der Waals surface area contributed by atoms with Gasteiger partial charge in [-0.2, -0.15) is 17.6 Å². The quantitative estimate of drug-likeness (QED) is 0.458. The normalized spacial score (nSPS) is 14.5. The average Bonchev–Trinajstić information content (AvgIpc) is 2.24. The van der Waals surface area contributed by atoms with Crippen molar-refractivity contribution in [1.29, 1.82) is 0 Å². The van der Waals surface area contributed by atoms with E-state index in [2.05, 4.69) is 9.05 Å². The molecule has 0 aromatic carbocycles. The van der Waals surface area contributed by atoms with Crippen LogP contribution >= 0.6 is 21.8 Å². The zero-order chi connectivity index (χ0) is 15.5. The predicted molar refractivity (Wildman–Crippen MR) is 50.3 cm³/mol. The Hall–Kier alpha value is 0.0700. The molecule has 0 rings (SSSR count). The van der Waals surface area contributed by atoms with E-state index in [0.717, 1.165) is 0 Å². The van der Waals surface area contributed by atoms with Gasteiger partial charge < -0.3 is 0 Å². The lowest BCUT2D eigenvalue weighted by Crippen LogP contribution is -2.33. The molecule has 0 radical (unpaired) electrons. The highest BCUT2D eigenvalue weighted by molar-refractivity contribution is 9.39. The molecule has 13 heteroatoms. The van der Waals surface area contributed by atoms with Gasteiger partial charge in [0.1, 0.15) is 13.2 Å². The second-order valence-electron chi connectivity index (χ2n) is 3.10. The van der Waals surface area contributed by atoms with E-state index in [1.54, 1.807) is 0 Å². The molecule has 3 nitrogen and oxygen atoms in total. The van der Waals surface area contributed by atoms with E-state index in [4.69, 9.17) is 0 Å². The Balaban J connectivity index is 4.39. The molecule has 0 spiro atoms. The third-order valence-electron chi connectivity index (χ3n) is 1.46. The van der Waals surface area contributed by atoms with Gasteiger partial charge in [-0.25, -0.2) is 22.1 Å². The van der Waals surface area contributed by atoms with Crippen LogP contribution in [0.5, 0.6) is 0 Å². The maximum Gasteiger partial charge on any atom is 0.396 e. The minimum Gasteiger partial charge on any atom is -0.294 e. The van der Waals surface area contributed by atoms with Crippen LogP contribution in [-0.2, 0) is 13.6 Å². The molecule has 0 fully saturated rings. The maximum atomic E-state index is 12.3. The fraction of sp³-hybridized carbons (Fsp3) is 1.00. The topological polar surface area (TPSA) is 35.5 Å². The molecule has 0 amide bonds. The van der Waals surface area contributed by atoms with E-state index in [1.807, 2.05) is 15.5 Å². The molecular formula is C6H6BrF8O3P. The van der Waals surface area contributed by atoms with Crippen molar-refractivity contribution < 1.29 is 48.7 Å². The lowest BCUT2D eigenvalue weighted by Gasteiger charge is -2.20. The first kappa shape index (κ1) is 19.1. The van der Waals surface area contributed by atoms with Crippen molar-refractivity contribution in [2.24, 2.45) is 0 Å². The summed E-state index contributed by atoms with van der Waals surface area (Å²) >= 11 is 1.94. The second kappa shape index (κ2) is 6.68. The van der Waals surface area contributed by atoms with Crippen LogP contribution in [0.3, 0.4) is 0 Å². The van der Waals surface area contributed by atoms with Gasteiger partial charge >= 0.3 is 31.0 Å². The molecule has 0 aromatic rings. The SMILES string of the molecule is O=P(Br)(OCC(F)(F)C(F)F)OCC(F)(F)C(F)F. The fourth-order valence-electron chi connectivity index (χ4n) is 0.490. The standard InChI is InChI=1S/C6H6BrF8O3P/c7-19(16,17-1-5(12,13)3(8)9)18-2-6(14,15)4(10)11/h3-4H,1-2H2. The Kier molecular flexibility index (Phi) is 6.71. The van der Waals surface area contributed by atoms with E-state index in [9.17, 15) is 39.7 Å². The molecule has 0 saturated heterocycles. The molecule has 116 valence electrons. The molecule has 0 aliphatic carbocycles. The van der Waals surface area contributed by atoms with Crippen LogP contribution in [0.2, 0.25) is 0 Å². The summed E-state index contributed by atoms with van der Waals surface area (Å²) in [5.41, 5.74) is 0. The summed E-state index contributed by atoms with van der Waals surface area (Å²) in [6, 6.07) is 0. The minimum atomic E-state index is -4.78. The summed E-state index contributed by atoms with van der Waals surface area (Å²) in [5.74, 6) is -9.39. The molecule has 0 unspecified atom stereocenters. The summed E-state index contributed by atoms with van der Waals surface area (Å²) in [6.45, 7) is -4.21. The Labute approximate surface area is 109 Å². The molecule has 19 heavy (non-hydrogen) atoms. The largest absolute Gasteiger partial charge is 0.396 e. The smallest absolute Gasteiger partial charge is 0.294 e. The Morgan fingerprint density at radius 2 is 1.16 bits per heavy atom. The summed E-state index contributed by atoms with van der Waals surface area (Å²) in [6.07, 6.45) is -13.1. The molecule has 0 N–H and O–H groups in total. The van der Waals surface area contributed by atoms with Crippen LogP contribution in [0, 0.1) is 0 Å². The molecule has 0 saturated carbocycles. The molecule has 0 aromatic heterocycles. The maximum absolute atomic E-state index is 12.3. The van der Waals surface area contributed by atoms with Gasteiger partial charge in [-0.15, -0.1) is 0 Å². The van der Waals surface area contributed by atoms with Gasteiger partial charge in [0, 0.05) is 15.5 Å². The van der Waals surface area contributed by atoms with Gasteiger partial charge in [-0.05, 0) is 0 Å². The highest BCUT2D eigenvalue weighted by Crippen LogP contribution is 2.57. The van der Waals surface area contributed by atoms with Crippen molar-refractivity contribution in [2.75, 3.05) is 13.2 Å². The predicted octanol–water partition coefficient (Wildman–Crippen LogP) is 4.32. The van der Waals surface area contributed by atoms with Crippen LogP contribution in [0.15, 0.2) is 0 Å². The lowest BCUT2D eigenvalue weighted by molar-refractivity contribution is -0.157. The molecular weight excluding hydrogens is 383 g/mol. The summed E-state index contributed by atoms with van der Waals surface area (Å²) in [4.78, 5) is 0. The molecule has 0 atom stereocenters. The van der Waals surface area contributed by atoms with Gasteiger partial charge in [0.25, 0.3) is 0 Å². The Bertz CT molecular complexity index is 310. The van der Waals surface area contributed by atoms with Crippen LogP contribution in [-0.4, -0.2) is 37.9 Å². The first-order valence-corrected chi connectivity index (χ1v) is 7.77. The zero-order valence-electron chi connectivity index (χ0n) is 8.64. The Morgan fingerprint density at radius 3 is 1.37 bits per heavy atom. The molecule has 0 bridgehead atoms. The first-order chi connectivity index (χ1) is 8.30. The van der Waals surface area contributed by atoms with Crippen LogP contribution in [0.4, 0.5) is 35.1 Å². The van der Waals surface area contributed by atoms with Crippen LogP contribution in [0.1, 0.15) is 0 Å². The second-order valence-corrected chi connectivity index (χ2v) is 7.08. The Morgan fingerprint density at radius 1 is 0.895 bits per heavy atom. The van der Waals surface area contributed by atoms with E-state index < -0.39 is 44.2 Å². The third-order valence-corrected chi connectivity index (χ3v) is 3.56. The van der Waals surface area contributed by atoms with Crippen molar-refractivity contribution in [1.82, 2.24) is 0 Å². The van der Waals surface area contributed by atoms with Gasteiger partial charge in [0.2, 0.25) is 0 Å². The zero-order valence-corrected chi connectivity index (χ0v) is 11.1. The van der Waals surface area contributed by atoms with E-state index in [-0.39, 0.29) is 0 Å². The number of alkyl halides is 8. The van der Waals surface area contributed by atoms with Crippen molar-refractivity contribution in [3.05, 3.63) is 0 Å². The number of hydrogen-bond acceptors (Lipinski definition) is 3. The van der Waals surface area contributed by atoms with E-state index in [1.165, 1.54) is 0 Å². The third kappa shape index (κ3) is 6.87. The molecule has 0 aliphatic heterocycles. The highest BCUT2D eigenvalue weighted by atomic mass is 79.9. The van der Waals surface area contributed by atoms with E-state index in [0.29, 0.717) is 0 Å². The van der Waals surface area contributed by atoms with Gasteiger partial charge in [-0.3, -0.25) is 9.05 Å². The summed E-state index contributed by atoms with van der Waals surface area (Å²) in [7, 11) is 0. The van der Waals surface area contributed by atoms with Crippen LogP contribution < -0.4 is 0 Å². The van der Waals surface area contributed by atoms with Crippen molar-refractivity contribution >= 4 is 21.8 Å². The summed E-state index contributed by atoms with van der Waals surface area (Å²) in [5, 5.41) is 0. The number of hydrogen-bond donors (Lipinski definition) is 0. The first-order valence-electron chi connectivity index (χ1n) is 4.21. The fourth-order valence-corrected chi connectivity index (χ4v) is 1.83.